The quantitative estimate of drug-likeness (QED) is 0.748. The zero-order valence-electron chi connectivity index (χ0n) is 11.3. The molecule has 5 heteroatoms. The van der Waals surface area contributed by atoms with Crippen LogP contribution in [0.25, 0.3) is 0 Å². The molecule has 108 valence electrons. The Balaban J connectivity index is 1.86. The fourth-order valence-electron chi connectivity index (χ4n) is 2.62. The third kappa shape index (κ3) is 2.63. The standard InChI is InChI=1S/C16H15NO4/c18-13-2-1-10-3-4-17(9-12(10)7-13)16(21)11-5-14(19)8-15(20)6-11/h1-2,5-8,18-20H,3-4,9H2. The van der Waals surface area contributed by atoms with Crippen molar-refractivity contribution in [2.45, 2.75) is 13.0 Å². The Morgan fingerprint density at radius 2 is 1.62 bits per heavy atom. The maximum atomic E-state index is 12.4. The summed E-state index contributed by atoms with van der Waals surface area (Å²) in [5.41, 5.74) is 2.28. The van der Waals surface area contributed by atoms with E-state index >= 15 is 0 Å². The molecule has 5 nitrogen and oxygen atoms in total. The first-order chi connectivity index (χ1) is 10.0. The third-order valence-corrected chi connectivity index (χ3v) is 3.64. The maximum Gasteiger partial charge on any atom is 0.254 e. The van der Waals surface area contributed by atoms with Crippen molar-refractivity contribution in [2.75, 3.05) is 6.54 Å². The summed E-state index contributed by atoms with van der Waals surface area (Å²) in [4.78, 5) is 14.1. The minimum Gasteiger partial charge on any atom is -0.508 e. The van der Waals surface area contributed by atoms with E-state index in [2.05, 4.69) is 0 Å². The molecular formula is C16H15NO4. The lowest BCUT2D eigenvalue weighted by Gasteiger charge is -2.29. The van der Waals surface area contributed by atoms with Gasteiger partial charge in [-0.2, -0.15) is 0 Å². The second kappa shape index (κ2) is 5.01. The van der Waals surface area contributed by atoms with Crippen molar-refractivity contribution in [1.82, 2.24) is 4.90 Å². The van der Waals surface area contributed by atoms with E-state index in [1.165, 1.54) is 18.2 Å². The molecule has 0 saturated carbocycles. The number of benzene rings is 2. The molecule has 1 amide bonds. The average Bonchev–Trinajstić information content (AvgIpc) is 2.44. The van der Waals surface area contributed by atoms with E-state index in [-0.39, 0.29) is 28.7 Å². The number of carbonyl (C=O) groups excluding carboxylic acids is 1. The fraction of sp³-hybridized carbons (Fsp3) is 0.188. The lowest BCUT2D eigenvalue weighted by atomic mass is 9.99. The van der Waals surface area contributed by atoms with Gasteiger partial charge in [0.15, 0.2) is 0 Å². The first-order valence-electron chi connectivity index (χ1n) is 6.66. The minimum absolute atomic E-state index is 0.145. The Hall–Kier alpha value is -2.69. The van der Waals surface area contributed by atoms with E-state index in [9.17, 15) is 20.1 Å². The molecule has 0 spiro atoms. The highest BCUT2D eigenvalue weighted by molar-refractivity contribution is 5.95. The number of hydrogen-bond acceptors (Lipinski definition) is 4. The van der Waals surface area contributed by atoms with Crippen LogP contribution in [-0.2, 0) is 13.0 Å². The zero-order chi connectivity index (χ0) is 15.0. The molecular weight excluding hydrogens is 270 g/mol. The summed E-state index contributed by atoms with van der Waals surface area (Å²) in [5.74, 6) is -0.366. The number of carbonyl (C=O) groups is 1. The van der Waals surface area contributed by atoms with Gasteiger partial charge in [-0.15, -0.1) is 0 Å². The Labute approximate surface area is 121 Å². The van der Waals surface area contributed by atoms with E-state index in [1.54, 1.807) is 17.0 Å². The Morgan fingerprint density at radius 3 is 2.33 bits per heavy atom. The molecule has 0 fully saturated rings. The second-order valence-corrected chi connectivity index (χ2v) is 5.17. The van der Waals surface area contributed by atoms with E-state index in [0.717, 1.165) is 11.1 Å². The van der Waals surface area contributed by atoms with Crippen molar-refractivity contribution in [2.24, 2.45) is 0 Å². The van der Waals surface area contributed by atoms with Gasteiger partial charge in [0.2, 0.25) is 0 Å². The maximum absolute atomic E-state index is 12.4. The Morgan fingerprint density at radius 1 is 0.905 bits per heavy atom. The van der Waals surface area contributed by atoms with Gasteiger partial charge in [0.25, 0.3) is 5.91 Å². The topological polar surface area (TPSA) is 81.0 Å². The monoisotopic (exact) mass is 285 g/mol. The van der Waals surface area contributed by atoms with Crippen molar-refractivity contribution in [1.29, 1.82) is 0 Å². The summed E-state index contributed by atoms with van der Waals surface area (Å²) in [6, 6.07) is 9.02. The minimum atomic E-state index is -0.254. The Bertz CT molecular complexity index is 691. The smallest absolute Gasteiger partial charge is 0.254 e. The van der Waals surface area contributed by atoms with Gasteiger partial charge >= 0.3 is 0 Å². The summed E-state index contributed by atoms with van der Waals surface area (Å²) in [6.45, 7) is 0.964. The largest absolute Gasteiger partial charge is 0.508 e. The van der Waals surface area contributed by atoms with Gasteiger partial charge < -0.3 is 20.2 Å². The molecule has 21 heavy (non-hydrogen) atoms. The van der Waals surface area contributed by atoms with E-state index in [1.807, 2.05) is 6.07 Å². The highest BCUT2D eigenvalue weighted by Crippen LogP contribution is 2.26. The van der Waals surface area contributed by atoms with E-state index in [4.69, 9.17) is 0 Å². The van der Waals surface area contributed by atoms with Gasteiger partial charge in [0.1, 0.15) is 17.2 Å². The normalized spacial score (nSPS) is 13.8. The number of nitrogens with zero attached hydrogens (tertiary/aromatic N) is 1. The summed E-state index contributed by atoms with van der Waals surface area (Å²) >= 11 is 0. The van der Waals surface area contributed by atoms with Crippen LogP contribution in [0.15, 0.2) is 36.4 Å². The van der Waals surface area contributed by atoms with Crippen molar-refractivity contribution >= 4 is 5.91 Å². The van der Waals surface area contributed by atoms with Crippen molar-refractivity contribution < 1.29 is 20.1 Å². The second-order valence-electron chi connectivity index (χ2n) is 5.17. The van der Waals surface area contributed by atoms with E-state index in [0.29, 0.717) is 19.5 Å². The number of phenols is 3. The average molecular weight is 285 g/mol. The highest BCUT2D eigenvalue weighted by atomic mass is 16.3. The molecule has 0 aliphatic carbocycles. The predicted octanol–water partition coefficient (Wildman–Crippen LogP) is 2.00. The SMILES string of the molecule is O=C(c1cc(O)cc(O)c1)N1CCc2ccc(O)cc2C1. The van der Waals surface area contributed by atoms with Crippen LogP contribution in [0.2, 0.25) is 0 Å². The summed E-state index contributed by atoms with van der Waals surface area (Å²) in [5, 5.41) is 28.5. The third-order valence-electron chi connectivity index (χ3n) is 3.64. The molecule has 0 bridgehead atoms. The number of rotatable bonds is 1. The molecule has 0 atom stereocenters. The molecule has 1 heterocycles. The molecule has 0 radical (unpaired) electrons. The van der Waals surface area contributed by atoms with Crippen molar-refractivity contribution in [3.8, 4) is 17.2 Å². The van der Waals surface area contributed by atoms with E-state index < -0.39 is 0 Å². The molecule has 0 unspecified atom stereocenters. The molecule has 3 rings (SSSR count). The van der Waals surface area contributed by atoms with Crippen LogP contribution in [0, 0.1) is 0 Å². The lowest BCUT2D eigenvalue weighted by Crippen LogP contribution is -2.35. The molecule has 3 N–H and O–H groups in total. The number of hydrogen-bond donors (Lipinski definition) is 3. The zero-order valence-corrected chi connectivity index (χ0v) is 11.3. The van der Waals surface area contributed by atoms with Crippen LogP contribution < -0.4 is 0 Å². The van der Waals surface area contributed by atoms with Crippen molar-refractivity contribution in [3.05, 3.63) is 53.1 Å². The predicted molar refractivity (Wildman–Crippen MR) is 76.3 cm³/mol. The summed E-state index contributed by atoms with van der Waals surface area (Å²) < 4.78 is 0. The van der Waals surface area contributed by atoms with Gasteiger partial charge in [0, 0.05) is 24.7 Å². The first kappa shape index (κ1) is 13.3. The number of phenolic OH excluding ortho intramolecular Hbond substituents is 3. The molecule has 0 aromatic heterocycles. The molecule has 1 aliphatic rings. The van der Waals surface area contributed by atoms with Crippen LogP contribution in [0.4, 0.5) is 0 Å². The van der Waals surface area contributed by atoms with Gasteiger partial charge in [-0.25, -0.2) is 0 Å². The first-order valence-corrected chi connectivity index (χ1v) is 6.66. The molecule has 1 aliphatic heterocycles. The van der Waals surface area contributed by atoms with Gasteiger partial charge in [-0.05, 0) is 41.8 Å². The van der Waals surface area contributed by atoms with Crippen LogP contribution in [-0.4, -0.2) is 32.7 Å². The van der Waals surface area contributed by atoms with Gasteiger partial charge in [0.05, 0.1) is 0 Å². The summed E-state index contributed by atoms with van der Waals surface area (Å²) in [7, 11) is 0. The highest BCUT2D eigenvalue weighted by Gasteiger charge is 2.22. The number of fused-ring (bicyclic) bond motifs is 1. The van der Waals surface area contributed by atoms with Crippen LogP contribution >= 0.6 is 0 Å². The van der Waals surface area contributed by atoms with Crippen LogP contribution in [0.5, 0.6) is 17.2 Å². The van der Waals surface area contributed by atoms with Crippen molar-refractivity contribution in [3.63, 3.8) is 0 Å². The fourth-order valence-corrected chi connectivity index (χ4v) is 2.62. The van der Waals surface area contributed by atoms with Crippen LogP contribution in [0.1, 0.15) is 21.5 Å². The summed E-state index contributed by atoms with van der Waals surface area (Å²) in [6.07, 6.45) is 0.714. The van der Waals surface area contributed by atoms with Crippen LogP contribution in [0.3, 0.4) is 0 Å². The van der Waals surface area contributed by atoms with Gasteiger partial charge in [-0.1, -0.05) is 6.07 Å². The Kier molecular flexibility index (Phi) is 3.17. The van der Waals surface area contributed by atoms with Gasteiger partial charge in [-0.3, -0.25) is 4.79 Å². The lowest BCUT2D eigenvalue weighted by molar-refractivity contribution is 0.0733. The number of amides is 1. The number of aromatic hydroxyl groups is 3. The molecule has 0 saturated heterocycles. The molecule has 2 aromatic carbocycles. The molecule has 2 aromatic rings.